The van der Waals surface area contributed by atoms with Crippen LogP contribution < -0.4 is 9.47 Å². The molecule has 5 nitrogen and oxygen atoms in total. The fraction of sp³-hybridized carbons (Fsp3) is 0.200. The summed E-state index contributed by atoms with van der Waals surface area (Å²) in [4.78, 5) is 11.8. The van der Waals surface area contributed by atoms with Gasteiger partial charge in [-0.25, -0.2) is 9.18 Å². The van der Waals surface area contributed by atoms with E-state index in [1.807, 2.05) is 6.07 Å². The first-order valence-electron chi connectivity index (χ1n) is 8.02. The van der Waals surface area contributed by atoms with Gasteiger partial charge in [-0.15, -0.1) is 0 Å². The number of methoxy groups -OCH3 is 1. The number of benzene rings is 2. The van der Waals surface area contributed by atoms with Crippen LogP contribution in [0.25, 0.3) is 6.08 Å². The van der Waals surface area contributed by atoms with Crippen molar-refractivity contribution in [1.29, 1.82) is 5.26 Å². The SMILES string of the molecule is CCOC(=O)/C(C#N)=C\c1cc(OC)c(OCc2ccccc2F)cc1Br. The molecule has 0 unspecified atom stereocenters. The molecule has 27 heavy (non-hydrogen) atoms. The first-order chi connectivity index (χ1) is 13.0. The van der Waals surface area contributed by atoms with Crippen LogP contribution in [0, 0.1) is 17.1 Å². The molecule has 0 saturated heterocycles. The minimum absolute atomic E-state index is 0.0247. The van der Waals surface area contributed by atoms with Crippen molar-refractivity contribution in [3.63, 3.8) is 0 Å². The molecule has 0 aliphatic heterocycles. The van der Waals surface area contributed by atoms with E-state index in [0.717, 1.165) is 0 Å². The summed E-state index contributed by atoms with van der Waals surface area (Å²) in [6.45, 7) is 1.86. The van der Waals surface area contributed by atoms with E-state index in [1.54, 1.807) is 37.3 Å². The van der Waals surface area contributed by atoms with Crippen molar-refractivity contribution < 1.29 is 23.4 Å². The van der Waals surface area contributed by atoms with Gasteiger partial charge in [-0.1, -0.05) is 34.1 Å². The highest BCUT2D eigenvalue weighted by atomic mass is 79.9. The normalized spacial score (nSPS) is 10.9. The predicted octanol–water partition coefficient (Wildman–Crippen LogP) is 4.65. The minimum Gasteiger partial charge on any atom is -0.493 e. The molecule has 0 fully saturated rings. The van der Waals surface area contributed by atoms with Gasteiger partial charge in [0.2, 0.25) is 0 Å². The fourth-order valence-corrected chi connectivity index (χ4v) is 2.64. The van der Waals surface area contributed by atoms with Crippen LogP contribution in [0.4, 0.5) is 4.39 Å². The highest BCUT2D eigenvalue weighted by molar-refractivity contribution is 9.10. The zero-order valence-electron chi connectivity index (χ0n) is 14.8. The van der Waals surface area contributed by atoms with Crippen molar-refractivity contribution in [1.82, 2.24) is 0 Å². The first kappa shape index (κ1) is 20.5. The lowest BCUT2D eigenvalue weighted by atomic mass is 10.1. The average molecular weight is 434 g/mol. The number of rotatable bonds is 7. The summed E-state index contributed by atoms with van der Waals surface area (Å²) >= 11 is 3.38. The van der Waals surface area contributed by atoms with Gasteiger partial charge in [-0.2, -0.15) is 5.26 Å². The first-order valence-corrected chi connectivity index (χ1v) is 8.82. The molecule has 7 heteroatoms. The second-order valence-electron chi connectivity index (χ2n) is 5.29. The van der Waals surface area contributed by atoms with Crippen LogP contribution in [0.15, 0.2) is 46.4 Å². The third-order valence-electron chi connectivity index (χ3n) is 3.54. The Morgan fingerprint density at radius 3 is 2.67 bits per heavy atom. The number of nitrogens with zero attached hydrogens (tertiary/aromatic N) is 1. The topological polar surface area (TPSA) is 68.6 Å². The van der Waals surface area contributed by atoms with E-state index < -0.39 is 5.97 Å². The monoisotopic (exact) mass is 433 g/mol. The number of esters is 1. The second kappa shape index (κ2) is 9.74. The maximum absolute atomic E-state index is 13.7. The van der Waals surface area contributed by atoms with Crippen LogP contribution in [0.2, 0.25) is 0 Å². The molecule has 0 aromatic heterocycles. The Morgan fingerprint density at radius 2 is 2.04 bits per heavy atom. The second-order valence-corrected chi connectivity index (χ2v) is 6.15. The molecule has 0 aliphatic rings. The van der Waals surface area contributed by atoms with Gasteiger partial charge in [0.15, 0.2) is 11.5 Å². The summed E-state index contributed by atoms with van der Waals surface area (Å²) in [5, 5.41) is 9.17. The van der Waals surface area contributed by atoms with Crippen LogP contribution in [0.1, 0.15) is 18.1 Å². The summed E-state index contributed by atoms with van der Waals surface area (Å²) in [6, 6.07) is 11.4. The Hall–Kier alpha value is -2.85. The smallest absolute Gasteiger partial charge is 0.348 e. The van der Waals surface area contributed by atoms with E-state index in [4.69, 9.17) is 19.5 Å². The standard InChI is InChI=1S/C20H17BrFNO4/c1-3-26-20(24)15(11-23)8-14-9-18(25-2)19(10-16(14)21)27-12-13-6-4-5-7-17(13)22/h4-10H,3,12H2,1-2H3/b15-8-. The molecule has 2 aromatic carbocycles. The van der Waals surface area contributed by atoms with E-state index in [1.165, 1.54) is 19.3 Å². The highest BCUT2D eigenvalue weighted by Gasteiger charge is 2.14. The van der Waals surface area contributed by atoms with Crippen molar-refractivity contribution in [2.75, 3.05) is 13.7 Å². The molecule has 140 valence electrons. The van der Waals surface area contributed by atoms with Gasteiger partial charge in [-0.3, -0.25) is 0 Å². The van der Waals surface area contributed by atoms with Gasteiger partial charge in [0.25, 0.3) is 0 Å². The molecule has 0 amide bonds. The van der Waals surface area contributed by atoms with Gasteiger partial charge < -0.3 is 14.2 Å². The average Bonchev–Trinajstić information content (AvgIpc) is 2.66. The van der Waals surface area contributed by atoms with Crippen LogP contribution in [-0.2, 0) is 16.1 Å². The minimum atomic E-state index is -0.703. The van der Waals surface area contributed by atoms with Crippen molar-refractivity contribution in [3.8, 4) is 17.6 Å². The molecule has 0 bridgehead atoms. The molecule has 0 radical (unpaired) electrons. The summed E-state index contributed by atoms with van der Waals surface area (Å²) in [6.07, 6.45) is 1.39. The summed E-state index contributed by atoms with van der Waals surface area (Å²) < 4.78 is 30.1. The van der Waals surface area contributed by atoms with Gasteiger partial charge >= 0.3 is 5.97 Å². The molecule has 0 spiro atoms. The molecule has 2 aromatic rings. The number of hydrogen-bond acceptors (Lipinski definition) is 5. The lowest BCUT2D eigenvalue weighted by molar-refractivity contribution is -0.137. The van der Waals surface area contributed by atoms with Crippen LogP contribution in [0.3, 0.4) is 0 Å². The van der Waals surface area contributed by atoms with E-state index in [0.29, 0.717) is 27.1 Å². The zero-order valence-corrected chi connectivity index (χ0v) is 16.4. The Morgan fingerprint density at radius 1 is 1.30 bits per heavy atom. The molecule has 0 aliphatic carbocycles. The zero-order chi connectivity index (χ0) is 19.8. The van der Waals surface area contributed by atoms with E-state index >= 15 is 0 Å². The van der Waals surface area contributed by atoms with Gasteiger partial charge in [-0.05, 0) is 36.8 Å². The fourth-order valence-electron chi connectivity index (χ4n) is 2.21. The number of nitriles is 1. The third kappa shape index (κ3) is 5.31. The van der Waals surface area contributed by atoms with E-state index in [-0.39, 0.29) is 24.6 Å². The van der Waals surface area contributed by atoms with Gasteiger partial charge in [0.05, 0.1) is 13.7 Å². The number of ether oxygens (including phenoxy) is 3. The molecular weight excluding hydrogens is 417 g/mol. The highest BCUT2D eigenvalue weighted by Crippen LogP contribution is 2.35. The van der Waals surface area contributed by atoms with Crippen molar-refractivity contribution in [2.24, 2.45) is 0 Å². The van der Waals surface area contributed by atoms with Crippen molar-refractivity contribution in [2.45, 2.75) is 13.5 Å². The van der Waals surface area contributed by atoms with E-state index in [2.05, 4.69) is 15.9 Å². The molecule has 0 saturated carbocycles. The molecule has 0 atom stereocenters. The largest absolute Gasteiger partial charge is 0.493 e. The van der Waals surface area contributed by atoms with Crippen molar-refractivity contribution in [3.05, 3.63) is 63.4 Å². The predicted molar refractivity (Wildman–Crippen MR) is 102 cm³/mol. The van der Waals surface area contributed by atoms with Gasteiger partial charge in [0.1, 0.15) is 24.1 Å². The Bertz CT molecular complexity index is 905. The number of hydrogen-bond donors (Lipinski definition) is 0. The molecule has 0 N–H and O–H groups in total. The lowest BCUT2D eigenvalue weighted by Gasteiger charge is -2.13. The quantitative estimate of drug-likeness (QED) is 0.361. The Balaban J connectivity index is 2.30. The van der Waals surface area contributed by atoms with Crippen LogP contribution in [0.5, 0.6) is 11.5 Å². The van der Waals surface area contributed by atoms with E-state index in [9.17, 15) is 9.18 Å². The maximum atomic E-state index is 13.7. The summed E-state index contributed by atoms with van der Waals surface area (Å²) in [5.74, 6) is -0.296. The number of carbonyl (C=O) groups excluding carboxylic acids is 1. The Kier molecular flexibility index (Phi) is 7.38. The molecular formula is C20H17BrFNO4. The third-order valence-corrected chi connectivity index (χ3v) is 4.23. The molecule has 0 heterocycles. The van der Waals surface area contributed by atoms with Gasteiger partial charge in [0, 0.05) is 10.0 Å². The van der Waals surface area contributed by atoms with Crippen molar-refractivity contribution >= 4 is 28.0 Å². The number of halogens is 2. The van der Waals surface area contributed by atoms with Crippen LogP contribution in [-0.4, -0.2) is 19.7 Å². The lowest BCUT2D eigenvalue weighted by Crippen LogP contribution is -2.06. The summed E-state index contributed by atoms with van der Waals surface area (Å²) in [5.41, 5.74) is 0.808. The van der Waals surface area contributed by atoms with Crippen LogP contribution >= 0.6 is 15.9 Å². The maximum Gasteiger partial charge on any atom is 0.348 e. The number of carbonyl (C=O) groups is 1. The summed E-state index contributed by atoms with van der Waals surface area (Å²) in [7, 11) is 1.46. The Labute approximate surface area is 165 Å². The molecule has 2 rings (SSSR count).